The zero-order chi connectivity index (χ0) is 10.0. The van der Waals surface area contributed by atoms with Gasteiger partial charge in [-0.3, -0.25) is 0 Å². The van der Waals surface area contributed by atoms with Crippen LogP contribution in [0.5, 0.6) is 0 Å². The van der Waals surface area contributed by atoms with Crippen LogP contribution < -0.4 is 0 Å². The molecule has 1 heterocycles. The van der Waals surface area contributed by atoms with Crippen molar-refractivity contribution in [2.75, 3.05) is 12.4 Å². The summed E-state index contributed by atoms with van der Waals surface area (Å²) >= 11 is 4.20. The van der Waals surface area contributed by atoms with Crippen LogP contribution in [-0.2, 0) is 15.3 Å². The summed E-state index contributed by atoms with van der Waals surface area (Å²) in [6.07, 6.45) is 0.100. The summed E-state index contributed by atoms with van der Waals surface area (Å²) in [5.41, 5.74) is 1.06. The molecule has 2 nitrogen and oxygen atoms in total. The van der Waals surface area contributed by atoms with Crippen molar-refractivity contribution in [1.29, 1.82) is 0 Å². The first-order valence-corrected chi connectivity index (χ1v) is 5.36. The Morgan fingerprint density at radius 3 is 2.71 bits per heavy atom. The smallest absolute Gasteiger partial charge is 0.192 e. The van der Waals surface area contributed by atoms with Gasteiger partial charge in [0, 0.05) is 11.3 Å². The molecule has 0 aliphatic carbocycles. The first-order valence-electron chi connectivity index (χ1n) is 4.73. The van der Waals surface area contributed by atoms with Crippen molar-refractivity contribution in [2.24, 2.45) is 0 Å². The van der Waals surface area contributed by atoms with Crippen molar-refractivity contribution in [3.63, 3.8) is 0 Å². The Bertz CT molecular complexity index is 301. The molecule has 0 bridgehead atoms. The first kappa shape index (κ1) is 10.0. The predicted octanol–water partition coefficient (Wildman–Crippen LogP) is 2.20. The summed E-state index contributed by atoms with van der Waals surface area (Å²) in [5, 5.41) is 0. The standard InChI is InChI=1S/C11H14O2S/c1-11(9-5-3-2-4-6-9)12-7-10(8-14)13-11/h2-6,10,14H,7-8H2,1H3. The molecule has 1 saturated heterocycles. The third-order valence-electron chi connectivity index (χ3n) is 2.44. The maximum Gasteiger partial charge on any atom is 0.192 e. The van der Waals surface area contributed by atoms with E-state index < -0.39 is 5.79 Å². The Balaban J connectivity index is 2.19. The lowest BCUT2D eigenvalue weighted by Crippen LogP contribution is -2.24. The highest BCUT2D eigenvalue weighted by molar-refractivity contribution is 7.80. The molecule has 1 aliphatic rings. The molecule has 0 saturated carbocycles. The maximum absolute atomic E-state index is 5.79. The Morgan fingerprint density at radius 2 is 2.14 bits per heavy atom. The molecule has 0 spiro atoms. The van der Waals surface area contributed by atoms with Crippen LogP contribution in [0.15, 0.2) is 30.3 Å². The second-order valence-electron chi connectivity index (χ2n) is 3.55. The van der Waals surface area contributed by atoms with E-state index in [1.54, 1.807) is 0 Å². The maximum atomic E-state index is 5.79. The summed E-state index contributed by atoms with van der Waals surface area (Å²) in [6.45, 7) is 2.57. The van der Waals surface area contributed by atoms with Crippen LogP contribution in [-0.4, -0.2) is 18.5 Å². The fourth-order valence-corrected chi connectivity index (χ4v) is 1.80. The normalized spacial score (nSPS) is 32.0. The van der Waals surface area contributed by atoms with Gasteiger partial charge >= 0.3 is 0 Å². The van der Waals surface area contributed by atoms with Crippen molar-refractivity contribution in [3.8, 4) is 0 Å². The largest absolute Gasteiger partial charge is 0.343 e. The highest BCUT2D eigenvalue weighted by Crippen LogP contribution is 2.33. The van der Waals surface area contributed by atoms with Gasteiger partial charge in [0.2, 0.25) is 0 Å². The third-order valence-corrected chi connectivity index (χ3v) is 2.85. The van der Waals surface area contributed by atoms with Crippen LogP contribution in [0.3, 0.4) is 0 Å². The van der Waals surface area contributed by atoms with E-state index in [1.165, 1.54) is 0 Å². The van der Waals surface area contributed by atoms with E-state index in [1.807, 2.05) is 37.3 Å². The van der Waals surface area contributed by atoms with Crippen LogP contribution >= 0.6 is 12.6 Å². The van der Waals surface area contributed by atoms with Crippen LogP contribution in [0, 0.1) is 0 Å². The third kappa shape index (κ3) is 1.80. The Hall–Kier alpha value is -0.510. The van der Waals surface area contributed by atoms with Crippen molar-refractivity contribution in [1.82, 2.24) is 0 Å². The number of benzene rings is 1. The lowest BCUT2D eigenvalue weighted by Gasteiger charge is -2.23. The topological polar surface area (TPSA) is 18.5 Å². The Labute approximate surface area is 89.6 Å². The fraction of sp³-hybridized carbons (Fsp3) is 0.455. The monoisotopic (exact) mass is 210 g/mol. The molecular weight excluding hydrogens is 196 g/mol. The Morgan fingerprint density at radius 1 is 1.43 bits per heavy atom. The van der Waals surface area contributed by atoms with Crippen molar-refractivity contribution in [2.45, 2.75) is 18.8 Å². The Kier molecular flexibility index (Phi) is 2.81. The number of hydrogen-bond acceptors (Lipinski definition) is 3. The van der Waals surface area contributed by atoms with Crippen molar-refractivity contribution in [3.05, 3.63) is 35.9 Å². The fourth-order valence-electron chi connectivity index (χ4n) is 1.62. The minimum atomic E-state index is -0.589. The molecular formula is C11H14O2S. The van der Waals surface area contributed by atoms with Gasteiger partial charge in [0.05, 0.1) is 12.7 Å². The van der Waals surface area contributed by atoms with Crippen molar-refractivity contribution >= 4 is 12.6 Å². The summed E-state index contributed by atoms with van der Waals surface area (Å²) in [6, 6.07) is 9.99. The van der Waals surface area contributed by atoms with E-state index in [0.29, 0.717) is 12.4 Å². The molecule has 0 amide bonds. The molecule has 2 atom stereocenters. The van der Waals surface area contributed by atoms with Gasteiger partial charge in [-0.15, -0.1) is 0 Å². The number of thiol groups is 1. The second-order valence-corrected chi connectivity index (χ2v) is 3.91. The van der Waals surface area contributed by atoms with Gasteiger partial charge in [0.15, 0.2) is 5.79 Å². The van der Waals surface area contributed by atoms with E-state index in [0.717, 1.165) is 5.56 Å². The molecule has 1 fully saturated rings. The summed E-state index contributed by atoms with van der Waals surface area (Å²) in [5.74, 6) is 0.108. The number of hydrogen-bond donors (Lipinski definition) is 1. The zero-order valence-corrected chi connectivity index (χ0v) is 9.04. The van der Waals surface area contributed by atoms with E-state index in [2.05, 4.69) is 12.6 Å². The van der Waals surface area contributed by atoms with Gasteiger partial charge in [-0.2, -0.15) is 12.6 Å². The number of ether oxygens (including phenoxy) is 2. The van der Waals surface area contributed by atoms with Gasteiger partial charge in [-0.25, -0.2) is 0 Å². The van der Waals surface area contributed by atoms with Gasteiger partial charge in [0.1, 0.15) is 0 Å². The van der Waals surface area contributed by atoms with Gasteiger partial charge in [0.25, 0.3) is 0 Å². The average Bonchev–Trinajstić information content (AvgIpc) is 2.63. The van der Waals surface area contributed by atoms with E-state index >= 15 is 0 Å². The summed E-state index contributed by atoms with van der Waals surface area (Å²) in [7, 11) is 0. The molecule has 1 aliphatic heterocycles. The molecule has 3 heteroatoms. The molecule has 14 heavy (non-hydrogen) atoms. The zero-order valence-electron chi connectivity index (χ0n) is 8.14. The minimum absolute atomic E-state index is 0.100. The molecule has 0 aromatic heterocycles. The second kappa shape index (κ2) is 3.93. The van der Waals surface area contributed by atoms with Gasteiger partial charge < -0.3 is 9.47 Å². The number of rotatable bonds is 2. The molecule has 2 rings (SSSR count). The molecule has 1 aromatic carbocycles. The molecule has 1 aromatic rings. The quantitative estimate of drug-likeness (QED) is 0.754. The lowest BCUT2D eigenvalue weighted by atomic mass is 10.1. The van der Waals surface area contributed by atoms with Crippen molar-refractivity contribution < 1.29 is 9.47 Å². The molecule has 0 N–H and O–H groups in total. The highest BCUT2D eigenvalue weighted by atomic mass is 32.1. The van der Waals surface area contributed by atoms with Gasteiger partial charge in [-0.1, -0.05) is 30.3 Å². The summed E-state index contributed by atoms with van der Waals surface area (Å²) < 4.78 is 11.4. The molecule has 2 unspecified atom stereocenters. The lowest BCUT2D eigenvalue weighted by molar-refractivity contribution is -0.159. The predicted molar refractivity (Wildman–Crippen MR) is 58.5 cm³/mol. The van der Waals surface area contributed by atoms with E-state index in [4.69, 9.17) is 9.47 Å². The van der Waals surface area contributed by atoms with Gasteiger partial charge in [-0.05, 0) is 6.92 Å². The van der Waals surface area contributed by atoms with Crippen LogP contribution in [0.1, 0.15) is 12.5 Å². The highest BCUT2D eigenvalue weighted by Gasteiger charge is 2.37. The van der Waals surface area contributed by atoms with E-state index in [-0.39, 0.29) is 6.10 Å². The molecule has 0 radical (unpaired) electrons. The van der Waals surface area contributed by atoms with Crippen LogP contribution in [0.4, 0.5) is 0 Å². The summed E-state index contributed by atoms with van der Waals surface area (Å²) in [4.78, 5) is 0. The first-order chi connectivity index (χ1) is 6.74. The van der Waals surface area contributed by atoms with E-state index in [9.17, 15) is 0 Å². The SMILES string of the molecule is CC1(c2ccccc2)OCC(CS)O1. The van der Waals surface area contributed by atoms with Crippen LogP contribution in [0.25, 0.3) is 0 Å². The average molecular weight is 210 g/mol. The molecule has 76 valence electrons. The van der Waals surface area contributed by atoms with Crippen LogP contribution in [0.2, 0.25) is 0 Å². The minimum Gasteiger partial charge on any atom is -0.343 e.